The molecule has 0 fully saturated rings. The van der Waals surface area contributed by atoms with E-state index in [1.165, 1.54) is 10.8 Å². The normalized spacial score (nSPS) is 10.9. The molecule has 4 aromatic carbocycles. The molecule has 0 aliphatic rings. The molecule has 0 aliphatic heterocycles. The smallest absolute Gasteiger partial charge is 0.175 e. The summed E-state index contributed by atoms with van der Waals surface area (Å²) in [6.07, 6.45) is 1.63. The van der Waals surface area contributed by atoms with Crippen molar-refractivity contribution in [2.45, 2.75) is 20.1 Å². The number of hydrogen-bond donors (Lipinski definition) is 0. The quantitative estimate of drug-likeness (QED) is 0.127. The minimum atomic E-state index is 0.224. The lowest BCUT2D eigenvalue weighted by Crippen LogP contribution is -2.03. The number of nitrogens with zero attached hydrogens (tertiary/aromatic N) is 2. The van der Waals surface area contributed by atoms with E-state index in [0.29, 0.717) is 30.3 Å². The first-order valence-electron chi connectivity index (χ1n) is 10.9. The summed E-state index contributed by atoms with van der Waals surface area (Å²) in [4.78, 5) is 5.43. The molecule has 0 aromatic heterocycles. The molecule has 4 rings (SSSR count). The van der Waals surface area contributed by atoms with E-state index < -0.39 is 0 Å². The predicted molar refractivity (Wildman–Crippen MR) is 142 cm³/mol. The Morgan fingerprint density at radius 3 is 2.53 bits per heavy atom. The molecule has 0 heterocycles. The van der Waals surface area contributed by atoms with Gasteiger partial charge in [-0.25, -0.2) is 0 Å². The van der Waals surface area contributed by atoms with Gasteiger partial charge in [-0.1, -0.05) is 65.8 Å². The summed E-state index contributed by atoms with van der Waals surface area (Å²) in [6.45, 7) is 3.12. The highest BCUT2D eigenvalue weighted by atomic mass is 127. The number of benzene rings is 4. The molecular weight excluding hydrogens is 539 g/mol. The average Bonchev–Trinajstić information content (AvgIpc) is 2.86. The van der Waals surface area contributed by atoms with Crippen LogP contribution in [-0.2, 0) is 18.1 Å². The first-order chi connectivity index (χ1) is 16.7. The number of hydrogen-bond acceptors (Lipinski definition) is 5. The van der Waals surface area contributed by atoms with Gasteiger partial charge in [-0.05, 0) is 64.0 Å². The Balaban J connectivity index is 1.49. The summed E-state index contributed by atoms with van der Waals surface area (Å²) in [5, 5.41) is 15.6. The average molecular weight is 562 g/mol. The highest BCUT2D eigenvalue weighted by Gasteiger charge is 2.13. The lowest BCUT2D eigenvalue weighted by atomic mass is 10.1. The van der Waals surface area contributed by atoms with Crippen LogP contribution in [0.3, 0.4) is 0 Å². The standard InChI is InChI=1S/C28H23IN2O3/c1-2-32-27-15-20(17-31-34-19-23-10-4-3-9-22(23)16-30)14-26(29)28(27)33-18-24-12-7-11-21-8-5-6-13-25(21)24/h3-15,17H,2,18-19H2,1H3/b31-17-. The van der Waals surface area contributed by atoms with E-state index in [1.54, 1.807) is 12.3 Å². The van der Waals surface area contributed by atoms with Crippen LogP contribution in [0.15, 0.2) is 84.0 Å². The Kier molecular flexibility index (Phi) is 7.99. The molecule has 0 unspecified atom stereocenters. The number of halogens is 1. The van der Waals surface area contributed by atoms with Gasteiger partial charge in [0.1, 0.15) is 13.2 Å². The van der Waals surface area contributed by atoms with Gasteiger partial charge in [-0.15, -0.1) is 0 Å². The summed E-state index contributed by atoms with van der Waals surface area (Å²) in [6, 6.07) is 27.8. The van der Waals surface area contributed by atoms with Gasteiger partial charge in [0, 0.05) is 11.1 Å². The molecule has 0 atom stereocenters. The second-order valence-corrected chi connectivity index (χ2v) is 8.63. The molecule has 5 nitrogen and oxygen atoms in total. The van der Waals surface area contributed by atoms with Crippen LogP contribution in [0, 0.1) is 14.9 Å². The minimum Gasteiger partial charge on any atom is -0.490 e. The maximum Gasteiger partial charge on any atom is 0.175 e. The molecule has 0 saturated carbocycles. The fourth-order valence-electron chi connectivity index (χ4n) is 3.59. The third-order valence-electron chi connectivity index (χ3n) is 5.22. The van der Waals surface area contributed by atoms with Crippen molar-refractivity contribution in [3.8, 4) is 17.6 Å². The zero-order valence-electron chi connectivity index (χ0n) is 18.7. The van der Waals surface area contributed by atoms with E-state index in [2.05, 4.69) is 58.1 Å². The predicted octanol–water partition coefficient (Wildman–Crippen LogP) is 6.84. The molecule has 0 bridgehead atoms. The van der Waals surface area contributed by atoms with E-state index in [9.17, 15) is 5.26 Å². The van der Waals surface area contributed by atoms with Gasteiger partial charge in [0.2, 0.25) is 0 Å². The maximum absolute atomic E-state index is 9.19. The third-order valence-corrected chi connectivity index (χ3v) is 6.02. The Morgan fingerprint density at radius 2 is 1.68 bits per heavy atom. The number of fused-ring (bicyclic) bond motifs is 1. The maximum atomic E-state index is 9.19. The molecule has 0 saturated heterocycles. The second-order valence-electron chi connectivity index (χ2n) is 7.47. The van der Waals surface area contributed by atoms with Gasteiger partial charge in [0.25, 0.3) is 0 Å². The number of ether oxygens (including phenoxy) is 2. The summed E-state index contributed by atoms with van der Waals surface area (Å²) in [7, 11) is 0. The SMILES string of the molecule is CCOc1cc(/C=N\OCc2ccccc2C#N)cc(I)c1OCc1cccc2ccccc12. The molecule has 0 aliphatic carbocycles. The van der Waals surface area contributed by atoms with Crippen molar-refractivity contribution in [1.29, 1.82) is 5.26 Å². The molecule has 0 N–H and O–H groups in total. The zero-order chi connectivity index (χ0) is 23.8. The van der Waals surface area contributed by atoms with Gasteiger partial charge in [0.05, 0.1) is 28.0 Å². The molecule has 0 spiro atoms. The van der Waals surface area contributed by atoms with Gasteiger partial charge in [-0.3, -0.25) is 0 Å². The van der Waals surface area contributed by atoms with E-state index >= 15 is 0 Å². The number of oxime groups is 1. The summed E-state index contributed by atoms with van der Waals surface area (Å²) in [5.41, 5.74) is 3.33. The largest absolute Gasteiger partial charge is 0.490 e. The van der Waals surface area contributed by atoms with Gasteiger partial charge in [0.15, 0.2) is 11.5 Å². The van der Waals surface area contributed by atoms with Crippen molar-refractivity contribution in [3.05, 3.63) is 105 Å². The molecule has 34 heavy (non-hydrogen) atoms. The molecule has 0 radical (unpaired) electrons. The Hall–Kier alpha value is -3.57. The molecular formula is C28H23IN2O3. The van der Waals surface area contributed by atoms with Gasteiger partial charge >= 0.3 is 0 Å². The van der Waals surface area contributed by atoms with E-state index in [1.807, 2.05) is 55.5 Å². The molecule has 170 valence electrons. The van der Waals surface area contributed by atoms with E-state index in [0.717, 1.165) is 20.3 Å². The fourth-order valence-corrected chi connectivity index (χ4v) is 4.38. The highest BCUT2D eigenvalue weighted by molar-refractivity contribution is 14.1. The van der Waals surface area contributed by atoms with Crippen LogP contribution < -0.4 is 9.47 Å². The summed E-state index contributed by atoms with van der Waals surface area (Å²) >= 11 is 2.25. The summed E-state index contributed by atoms with van der Waals surface area (Å²) in [5.74, 6) is 1.36. The van der Waals surface area contributed by atoms with Crippen LogP contribution in [0.2, 0.25) is 0 Å². The molecule has 6 heteroatoms. The van der Waals surface area contributed by atoms with Crippen LogP contribution in [0.1, 0.15) is 29.2 Å². The minimum absolute atomic E-state index is 0.224. The summed E-state index contributed by atoms with van der Waals surface area (Å²) < 4.78 is 13.0. The Morgan fingerprint density at radius 1 is 0.912 bits per heavy atom. The van der Waals surface area contributed by atoms with Crippen molar-refractivity contribution in [2.75, 3.05) is 6.61 Å². The lowest BCUT2D eigenvalue weighted by Gasteiger charge is -2.15. The fraction of sp³-hybridized carbons (Fsp3) is 0.143. The Labute approximate surface area is 212 Å². The lowest BCUT2D eigenvalue weighted by molar-refractivity contribution is 0.132. The second kappa shape index (κ2) is 11.5. The van der Waals surface area contributed by atoms with E-state index in [-0.39, 0.29) is 6.61 Å². The molecule has 0 amide bonds. The number of nitriles is 1. The van der Waals surface area contributed by atoms with Crippen molar-refractivity contribution >= 4 is 39.6 Å². The van der Waals surface area contributed by atoms with Gasteiger partial charge in [-0.2, -0.15) is 5.26 Å². The van der Waals surface area contributed by atoms with Crippen LogP contribution in [0.4, 0.5) is 0 Å². The van der Waals surface area contributed by atoms with Crippen LogP contribution in [0.25, 0.3) is 10.8 Å². The zero-order valence-corrected chi connectivity index (χ0v) is 20.9. The van der Waals surface area contributed by atoms with Crippen LogP contribution in [-0.4, -0.2) is 12.8 Å². The van der Waals surface area contributed by atoms with Crippen molar-refractivity contribution in [1.82, 2.24) is 0 Å². The van der Waals surface area contributed by atoms with Crippen LogP contribution in [0.5, 0.6) is 11.5 Å². The van der Waals surface area contributed by atoms with Crippen molar-refractivity contribution in [3.63, 3.8) is 0 Å². The third kappa shape index (κ3) is 5.67. The van der Waals surface area contributed by atoms with Crippen molar-refractivity contribution < 1.29 is 14.3 Å². The molecule has 4 aromatic rings. The van der Waals surface area contributed by atoms with Gasteiger partial charge < -0.3 is 14.3 Å². The topological polar surface area (TPSA) is 63.8 Å². The van der Waals surface area contributed by atoms with E-state index in [4.69, 9.17) is 14.3 Å². The first kappa shape index (κ1) is 23.6. The Bertz CT molecular complexity index is 1360. The van der Waals surface area contributed by atoms with Crippen LogP contribution >= 0.6 is 22.6 Å². The highest BCUT2D eigenvalue weighted by Crippen LogP contribution is 2.35. The van der Waals surface area contributed by atoms with Crippen molar-refractivity contribution in [2.24, 2.45) is 5.16 Å². The monoisotopic (exact) mass is 562 g/mol. The number of rotatable bonds is 9. The first-order valence-corrected chi connectivity index (χ1v) is 12.0.